The molecule has 0 aliphatic carbocycles. The number of hydrogen-bond acceptors (Lipinski definition) is 4. The molecule has 7 heteroatoms. The van der Waals surface area contributed by atoms with Gasteiger partial charge in [-0.1, -0.05) is 15.9 Å². The van der Waals surface area contributed by atoms with Gasteiger partial charge in [0.2, 0.25) is 5.91 Å². The Morgan fingerprint density at radius 2 is 2.30 bits per heavy atom. The van der Waals surface area contributed by atoms with Crippen molar-refractivity contribution < 1.29 is 14.5 Å². The summed E-state index contributed by atoms with van der Waals surface area (Å²) in [5, 5.41) is 11.9. The Bertz CT molecular complexity index is 535. The van der Waals surface area contributed by atoms with Gasteiger partial charge in [0, 0.05) is 18.3 Å². The minimum atomic E-state index is -0.480. The molecular formula is C13H15BrN2O4. The fraction of sp³-hybridized carbons (Fsp3) is 0.462. The van der Waals surface area contributed by atoms with Gasteiger partial charge in [0.15, 0.2) is 0 Å². The summed E-state index contributed by atoms with van der Waals surface area (Å²) in [4.78, 5) is 24.2. The quantitative estimate of drug-likeness (QED) is 0.468. The van der Waals surface area contributed by atoms with Crippen LogP contribution in [0.5, 0.6) is 5.75 Å². The Kier molecular flexibility index (Phi) is 4.59. The highest BCUT2D eigenvalue weighted by atomic mass is 79.9. The first-order valence-electron chi connectivity index (χ1n) is 6.34. The van der Waals surface area contributed by atoms with Crippen molar-refractivity contribution in [2.45, 2.75) is 13.3 Å². The smallest absolute Gasteiger partial charge is 0.296 e. The molecule has 1 saturated heterocycles. The number of ether oxygens (including phenoxy) is 1. The SMILES string of the molecule is CCOc1ccc(N2CC(CBr)CC2=O)c([N+](=O)[O-])c1. The van der Waals surface area contributed by atoms with Crippen molar-refractivity contribution in [3.05, 3.63) is 28.3 Å². The first kappa shape index (κ1) is 14.8. The zero-order chi connectivity index (χ0) is 14.7. The van der Waals surface area contributed by atoms with Gasteiger partial charge in [0.25, 0.3) is 5.69 Å². The van der Waals surface area contributed by atoms with Crippen molar-refractivity contribution in [3.8, 4) is 5.75 Å². The fourth-order valence-corrected chi connectivity index (χ4v) is 2.69. The van der Waals surface area contributed by atoms with Gasteiger partial charge in [0.05, 0.1) is 17.6 Å². The Morgan fingerprint density at radius 1 is 1.55 bits per heavy atom. The Balaban J connectivity index is 2.36. The highest BCUT2D eigenvalue weighted by molar-refractivity contribution is 9.09. The number of anilines is 1. The fourth-order valence-electron chi connectivity index (χ4n) is 2.25. The van der Waals surface area contributed by atoms with Gasteiger partial charge in [-0.2, -0.15) is 0 Å². The van der Waals surface area contributed by atoms with Crippen LogP contribution >= 0.6 is 15.9 Å². The average Bonchev–Trinajstić information content (AvgIpc) is 2.80. The van der Waals surface area contributed by atoms with E-state index < -0.39 is 4.92 Å². The van der Waals surface area contributed by atoms with Gasteiger partial charge in [-0.3, -0.25) is 14.9 Å². The van der Waals surface area contributed by atoms with E-state index in [9.17, 15) is 14.9 Å². The van der Waals surface area contributed by atoms with Crippen LogP contribution in [0.25, 0.3) is 0 Å². The lowest BCUT2D eigenvalue weighted by Gasteiger charge is -2.17. The van der Waals surface area contributed by atoms with E-state index in [1.807, 2.05) is 6.92 Å². The number of alkyl halides is 1. The Hall–Kier alpha value is -1.63. The number of nitrogens with zero attached hydrogens (tertiary/aromatic N) is 2. The van der Waals surface area contributed by atoms with Gasteiger partial charge in [-0.25, -0.2) is 0 Å². The zero-order valence-corrected chi connectivity index (χ0v) is 12.6. The highest BCUT2D eigenvalue weighted by Gasteiger charge is 2.33. The third-order valence-electron chi connectivity index (χ3n) is 3.17. The number of nitro groups is 1. The molecule has 108 valence electrons. The molecule has 0 saturated carbocycles. The predicted octanol–water partition coefficient (Wildman–Crippen LogP) is 2.74. The van der Waals surface area contributed by atoms with Gasteiger partial charge in [-0.15, -0.1) is 0 Å². The number of amides is 1. The van der Waals surface area contributed by atoms with Crippen LogP contribution in [0.2, 0.25) is 0 Å². The van der Waals surface area contributed by atoms with Crippen molar-refractivity contribution in [2.75, 3.05) is 23.4 Å². The topological polar surface area (TPSA) is 72.7 Å². The van der Waals surface area contributed by atoms with Gasteiger partial charge in [-0.05, 0) is 25.0 Å². The number of hydrogen-bond donors (Lipinski definition) is 0. The lowest BCUT2D eigenvalue weighted by atomic mass is 10.2. The van der Waals surface area contributed by atoms with E-state index in [1.165, 1.54) is 11.0 Å². The van der Waals surface area contributed by atoms with Gasteiger partial charge in [0.1, 0.15) is 11.4 Å². The predicted molar refractivity (Wildman–Crippen MR) is 78.5 cm³/mol. The summed E-state index contributed by atoms with van der Waals surface area (Å²) in [6, 6.07) is 4.60. The molecule has 1 amide bonds. The van der Waals surface area contributed by atoms with Crippen molar-refractivity contribution in [1.29, 1.82) is 0 Å². The maximum atomic E-state index is 12.0. The summed E-state index contributed by atoms with van der Waals surface area (Å²) < 4.78 is 5.27. The molecule has 1 aliphatic heterocycles. The molecule has 0 aromatic heterocycles. The van der Waals surface area contributed by atoms with Crippen LogP contribution in [0.4, 0.5) is 11.4 Å². The van der Waals surface area contributed by atoms with Crippen LogP contribution in [0.3, 0.4) is 0 Å². The summed E-state index contributed by atoms with van der Waals surface area (Å²) in [6.07, 6.45) is 0.412. The van der Waals surface area contributed by atoms with Crippen LogP contribution in [0.15, 0.2) is 18.2 Å². The van der Waals surface area contributed by atoms with E-state index in [0.29, 0.717) is 36.3 Å². The van der Waals surface area contributed by atoms with Gasteiger partial charge < -0.3 is 9.64 Å². The minimum Gasteiger partial charge on any atom is -0.494 e. The molecule has 0 radical (unpaired) electrons. The summed E-state index contributed by atoms with van der Waals surface area (Å²) in [5.74, 6) is 0.544. The second-order valence-corrected chi connectivity index (χ2v) is 5.22. The number of rotatable bonds is 5. The van der Waals surface area contributed by atoms with Crippen LogP contribution in [-0.4, -0.2) is 29.3 Å². The summed E-state index contributed by atoms with van der Waals surface area (Å²) >= 11 is 3.35. The summed E-state index contributed by atoms with van der Waals surface area (Å²) in [6.45, 7) is 2.74. The molecule has 1 aliphatic rings. The first-order chi connectivity index (χ1) is 9.56. The van der Waals surface area contributed by atoms with E-state index in [-0.39, 0.29) is 17.5 Å². The zero-order valence-electron chi connectivity index (χ0n) is 11.0. The number of nitro benzene ring substituents is 1. The highest BCUT2D eigenvalue weighted by Crippen LogP contribution is 2.35. The van der Waals surface area contributed by atoms with E-state index >= 15 is 0 Å². The maximum Gasteiger partial charge on any atom is 0.296 e. The van der Waals surface area contributed by atoms with E-state index in [1.54, 1.807) is 12.1 Å². The molecule has 1 aromatic carbocycles. The third-order valence-corrected chi connectivity index (χ3v) is 4.08. The lowest BCUT2D eigenvalue weighted by molar-refractivity contribution is -0.384. The molecule has 2 rings (SSSR count). The number of halogens is 1. The van der Waals surface area contributed by atoms with Crippen LogP contribution < -0.4 is 9.64 Å². The van der Waals surface area contributed by atoms with E-state index in [2.05, 4.69) is 15.9 Å². The molecule has 6 nitrogen and oxygen atoms in total. The van der Waals surface area contributed by atoms with E-state index in [4.69, 9.17) is 4.74 Å². The van der Waals surface area contributed by atoms with Crippen molar-refractivity contribution in [1.82, 2.24) is 0 Å². The molecule has 0 spiro atoms. The second-order valence-electron chi connectivity index (χ2n) is 4.57. The van der Waals surface area contributed by atoms with Crippen molar-refractivity contribution >= 4 is 33.2 Å². The molecule has 0 N–H and O–H groups in total. The largest absolute Gasteiger partial charge is 0.494 e. The molecule has 20 heavy (non-hydrogen) atoms. The first-order valence-corrected chi connectivity index (χ1v) is 7.46. The van der Waals surface area contributed by atoms with Crippen molar-refractivity contribution in [3.63, 3.8) is 0 Å². The normalized spacial score (nSPS) is 18.4. The molecule has 1 atom stereocenters. The molecular weight excluding hydrogens is 328 g/mol. The number of carbonyl (C=O) groups is 1. The summed E-state index contributed by atoms with van der Waals surface area (Å²) in [5.41, 5.74) is 0.242. The van der Waals surface area contributed by atoms with Gasteiger partial charge >= 0.3 is 0 Å². The van der Waals surface area contributed by atoms with Crippen LogP contribution in [0, 0.1) is 16.0 Å². The monoisotopic (exact) mass is 342 g/mol. The summed E-state index contributed by atoms with van der Waals surface area (Å²) in [7, 11) is 0. The van der Waals surface area contributed by atoms with Crippen molar-refractivity contribution in [2.24, 2.45) is 5.92 Å². The van der Waals surface area contributed by atoms with Crippen LogP contribution in [-0.2, 0) is 4.79 Å². The molecule has 1 aromatic rings. The lowest BCUT2D eigenvalue weighted by Crippen LogP contribution is -2.25. The third kappa shape index (κ3) is 2.92. The average molecular weight is 343 g/mol. The Labute approximate surface area is 125 Å². The van der Waals surface area contributed by atoms with E-state index in [0.717, 1.165) is 0 Å². The second kappa shape index (κ2) is 6.21. The Morgan fingerprint density at radius 3 is 2.85 bits per heavy atom. The maximum absolute atomic E-state index is 12.0. The number of benzene rings is 1. The number of carbonyl (C=O) groups excluding carboxylic acids is 1. The molecule has 1 fully saturated rings. The minimum absolute atomic E-state index is 0.0818. The molecule has 0 bridgehead atoms. The molecule has 1 unspecified atom stereocenters. The standard InChI is InChI=1S/C13H15BrN2O4/c1-2-20-10-3-4-11(12(6-10)16(18)19)15-8-9(7-14)5-13(15)17/h3-4,6,9H,2,5,7-8H2,1H3. The molecule has 1 heterocycles. The van der Waals surface area contributed by atoms with Crippen LogP contribution in [0.1, 0.15) is 13.3 Å².